The van der Waals surface area contributed by atoms with Crippen molar-refractivity contribution in [2.45, 2.75) is 122 Å². The summed E-state index contributed by atoms with van der Waals surface area (Å²) in [6.07, 6.45) is 20.1. The highest BCUT2D eigenvalue weighted by molar-refractivity contribution is 6.09. The number of ether oxygens (including phenoxy) is 1. The van der Waals surface area contributed by atoms with Gasteiger partial charge in [-0.25, -0.2) is 4.79 Å². The molecule has 9 nitrogen and oxygen atoms in total. The predicted molar refractivity (Wildman–Crippen MR) is 237 cm³/mol. The van der Waals surface area contributed by atoms with E-state index in [-0.39, 0.29) is 6.09 Å². The number of azo groups is 2. The van der Waals surface area contributed by atoms with E-state index in [1.807, 2.05) is 78.9 Å². The van der Waals surface area contributed by atoms with Crippen molar-refractivity contribution in [3.8, 4) is 0 Å². The van der Waals surface area contributed by atoms with Crippen molar-refractivity contribution < 1.29 is 9.53 Å². The minimum atomic E-state index is -0.503. The Labute approximate surface area is 339 Å². The summed E-state index contributed by atoms with van der Waals surface area (Å²) < 4.78 is 5.59. The Kier molecular flexibility index (Phi) is 15.8. The third-order valence-corrected chi connectivity index (χ3v) is 10.9. The molecule has 0 saturated carbocycles. The molecule has 1 atom stereocenters. The predicted octanol–water partition coefficient (Wildman–Crippen LogP) is 15.4. The summed E-state index contributed by atoms with van der Waals surface area (Å²) in [5.41, 5.74) is 4.60. The Morgan fingerprint density at radius 2 is 1.05 bits per heavy atom. The molecule has 9 heteroatoms. The largest absolute Gasteiger partial charge is 0.449 e. The summed E-state index contributed by atoms with van der Waals surface area (Å²) >= 11 is 0. The molecular weight excluding hydrogens is 707 g/mol. The zero-order chi connectivity index (χ0) is 39.5. The van der Waals surface area contributed by atoms with E-state index in [1.165, 1.54) is 83.5 Å². The molecule has 0 fully saturated rings. The van der Waals surface area contributed by atoms with Crippen LogP contribution in [-0.4, -0.2) is 24.9 Å². The number of rotatable bonds is 23. The van der Waals surface area contributed by atoms with Crippen molar-refractivity contribution in [3.63, 3.8) is 0 Å². The average molecular weight is 768 g/mol. The first-order valence-electron chi connectivity index (χ1n) is 21.5. The number of unbranched alkanes of at least 4 members (excludes halogenated alkanes) is 14. The summed E-state index contributed by atoms with van der Waals surface area (Å²) in [5.74, 6) is 0. The minimum absolute atomic E-state index is 0.291. The zero-order valence-electron chi connectivity index (χ0n) is 34.1. The van der Waals surface area contributed by atoms with Crippen LogP contribution in [0.2, 0.25) is 0 Å². The van der Waals surface area contributed by atoms with Crippen LogP contribution in [0.5, 0.6) is 0 Å². The summed E-state index contributed by atoms with van der Waals surface area (Å²) in [4.78, 5) is 12.5. The third kappa shape index (κ3) is 12.3. The highest BCUT2D eigenvalue weighted by atomic mass is 16.5. The highest BCUT2D eigenvalue weighted by Crippen LogP contribution is 2.43. The van der Waals surface area contributed by atoms with Gasteiger partial charge in [-0.1, -0.05) is 151 Å². The van der Waals surface area contributed by atoms with Gasteiger partial charge in [-0.15, -0.1) is 15.3 Å². The minimum Gasteiger partial charge on any atom is -0.449 e. The van der Waals surface area contributed by atoms with Crippen LogP contribution in [0.4, 0.5) is 38.9 Å². The zero-order valence-corrected chi connectivity index (χ0v) is 34.1. The van der Waals surface area contributed by atoms with Crippen LogP contribution in [-0.2, 0) is 4.74 Å². The Hall–Kier alpha value is -5.31. The van der Waals surface area contributed by atoms with Gasteiger partial charge in [0.25, 0.3) is 0 Å². The number of amides is 1. The Morgan fingerprint density at radius 1 is 0.561 bits per heavy atom. The second-order valence-electron chi connectivity index (χ2n) is 15.6. The molecule has 0 aliphatic carbocycles. The molecule has 0 saturated heterocycles. The van der Waals surface area contributed by atoms with Gasteiger partial charge in [-0.3, -0.25) is 0 Å². The van der Waals surface area contributed by atoms with E-state index in [2.05, 4.69) is 58.2 Å². The molecule has 0 spiro atoms. The number of hydrogen-bond donors (Lipinski definition) is 3. The topological polar surface area (TPSA) is 112 Å². The van der Waals surface area contributed by atoms with Gasteiger partial charge in [0.1, 0.15) is 5.66 Å². The highest BCUT2D eigenvalue weighted by Gasteiger charge is 2.30. The Balaban J connectivity index is 0.927. The number of alkyl carbamates (subject to hydrolysis) is 1. The van der Waals surface area contributed by atoms with E-state index in [9.17, 15) is 4.79 Å². The fourth-order valence-electron chi connectivity index (χ4n) is 7.68. The van der Waals surface area contributed by atoms with Crippen LogP contribution < -0.4 is 16.0 Å². The van der Waals surface area contributed by atoms with Crippen molar-refractivity contribution in [3.05, 3.63) is 97.1 Å². The molecule has 5 aromatic rings. The number of nitrogens with one attached hydrogen (secondary N) is 3. The summed E-state index contributed by atoms with van der Waals surface area (Å²) in [5, 5.41) is 32.6. The first kappa shape index (κ1) is 41.3. The van der Waals surface area contributed by atoms with Gasteiger partial charge >= 0.3 is 6.09 Å². The summed E-state index contributed by atoms with van der Waals surface area (Å²) in [6.45, 7) is 5.32. The van der Waals surface area contributed by atoms with Gasteiger partial charge in [-0.05, 0) is 55.8 Å². The van der Waals surface area contributed by atoms with Gasteiger partial charge in [-0.2, -0.15) is 5.11 Å². The number of nitrogens with zero attached hydrogens (tertiary/aromatic N) is 4. The monoisotopic (exact) mass is 767 g/mol. The molecule has 57 heavy (non-hydrogen) atoms. The van der Waals surface area contributed by atoms with Crippen molar-refractivity contribution in [1.82, 2.24) is 5.32 Å². The molecule has 300 valence electrons. The van der Waals surface area contributed by atoms with Crippen LogP contribution >= 0.6 is 0 Å². The maximum absolute atomic E-state index is 12.5. The van der Waals surface area contributed by atoms with Gasteiger partial charge in [0.05, 0.1) is 29.4 Å². The summed E-state index contributed by atoms with van der Waals surface area (Å²) in [7, 11) is 0. The normalized spacial score (nSPS) is 15.0. The van der Waals surface area contributed by atoms with Gasteiger partial charge < -0.3 is 20.7 Å². The summed E-state index contributed by atoms with van der Waals surface area (Å²) in [6, 6.07) is 31.9. The lowest BCUT2D eigenvalue weighted by atomic mass is 9.97. The maximum Gasteiger partial charge on any atom is 0.407 e. The molecule has 1 aliphatic heterocycles. The SMILES string of the molecule is CCCCCCCCCCCCCCCCCNC(=O)OCCC1(C)Nc2cccc3c(/N=N/c4ccc(/N=N/c5ccccc5)c5ccccc45)ccc(c23)N1. The molecule has 5 aromatic carbocycles. The molecule has 0 radical (unpaired) electrons. The van der Waals surface area contributed by atoms with Gasteiger partial charge in [0.2, 0.25) is 0 Å². The van der Waals surface area contributed by atoms with E-state index in [4.69, 9.17) is 15.0 Å². The Bertz CT molecular complexity index is 2070. The lowest BCUT2D eigenvalue weighted by molar-refractivity contribution is 0.139. The molecule has 1 aliphatic rings. The van der Waals surface area contributed by atoms with E-state index in [0.717, 1.165) is 68.5 Å². The molecule has 1 heterocycles. The fraction of sp³-hybridized carbons (Fsp3) is 0.438. The second kappa shape index (κ2) is 21.8. The molecule has 0 bridgehead atoms. The van der Waals surface area contributed by atoms with E-state index in [0.29, 0.717) is 19.6 Å². The number of carbonyl (C=O) groups excluding carboxylic acids is 1. The molecule has 1 unspecified atom stereocenters. The molecule has 3 N–H and O–H groups in total. The van der Waals surface area contributed by atoms with Gasteiger partial charge in [0, 0.05) is 45.9 Å². The quantitative estimate of drug-likeness (QED) is 0.0454. The van der Waals surface area contributed by atoms with Crippen molar-refractivity contribution >= 4 is 61.8 Å². The van der Waals surface area contributed by atoms with Crippen molar-refractivity contribution in [2.24, 2.45) is 20.5 Å². The second-order valence-corrected chi connectivity index (χ2v) is 15.6. The van der Waals surface area contributed by atoms with E-state index in [1.54, 1.807) is 0 Å². The average Bonchev–Trinajstić information content (AvgIpc) is 3.23. The van der Waals surface area contributed by atoms with Crippen LogP contribution in [0.1, 0.15) is 117 Å². The lowest BCUT2D eigenvalue weighted by Crippen LogP contribution is -2.46. The maximum atomic E-state index is 12.5. The fourth-order valence-corrected chi connectivity index (χ4v) is 7.68. The lowest BCUT2D eigenvalue weighted by Gasteiger charge is -2.38. The number of carbonyl (C=O) groups is 1. The number of anilines is 2. The van der Waals surface area contributed by atoms with Gasteiger partial charge in [0.15, 0.2) is 0 Å². The smallest absolute Gasteiger partial charge is 0.407 e. The standard InChI is InChI=1S/C48H61N7O2/c1-3-4-5-6-7-8-9-10-11-12-13-14-15-16-22-35-49-47(56)57-36-34-48(2)50-44-29-23-28-40-43(32-33-45(51-48)46(40)44)55-54-42-31-30-41(38-26-20-21-27-39(38)42)53-52-37-24-18-17-19-25-37/h17-21,23-33,50-51H,3-16,22,34-36H2,1-2H3,(H,49,56)/b53-52+,55-54+. The van der Waals surface area contributed by atoms with E-state index >= 15 is 0 Å². The molecule has 6 rings (SSSR count). The first-order chi connectivity index (χ1) is 28.0. The number of hydrogen-bond acceptors (Lipinski definition) is 8. The molecular formula is C48H61N7O2. The van der Waals surface area contributed by atoms with Crippen LogP contribution in [0.25, 0.3) is 21.5 Å². The first-order valence-corrected chi connectivity index (χ1v) is 21.5. The van der Waals surface area contributed by atoms with Crippen LogP contribution in [0.15, 0.2) is 118 Å². The van der Waals surface area contributed by atoms with Crippen molar-refractivity contribution in [2.75, 3.05) is 23.8 Å². The number of fused-ring (bicyclic) bond motifs is 1. The van der Waals surface area contributed by atoms with Crippen LogP contribution in [0.3, 0.4) is 0 Å². The molecule has 1 amide bonds. The van der Waals surface area contributed by atoms with Crippen molar-refractivity contribution in [1.29, 1.82) is 0 Å². The van der Waals surface area contributed by atoms with E-state index < -0.39 is 5.66 Å². The van der Waals surface area contributed by atoms with Crippen LogP contribution in [0, 0.1) is 0 Å². The number of benzene rings is 5. The molecule has 0 aromatic heterocycles. The Morgan fingerprint density at radius 3 is 1.67 bits per heavy atom. The third-order valence-electron chi connectivity index (χ3n) is 10.9.